The molecule has 0 amide bonds. The second-order valence-corrected chi connectivity index (χ2v) is 32.6. The zero-order valence-corrected chi connectivity index (χ0v) is 84.0. The Morgan fingerprint density at radius 3 is 1.05 bits per heavy atom. The van der Waals surface area contributed by atoms with Crippen molar-refractivity contribution in [2.75, 3.05) is 72.9 Å². The van der Waals surface area contributed by atoms with Crippen molar-refractivity contribution in [1.82, 2.24) is 0 Å². The first-order valence-corrected chi connectivity index (χ1v) is 45.5. The van der Waals surface area contributed by atoms with E-state index in [2.05, 4.69) is 101 Å². The van der Waals surface area contributed by atoms with Crippen LogP contribution in [0.3, 0.4) is 0 Å². The van der Waals surface area contributed by atoms with E-state index in [0.29, 0.717) is 127 Å². The van der Waals surface area contributed by atoms with Gasteiger partial charge in [-0.15, -0.1) is 0 Å². The van der Waals surface area contributed by atoms with Crippen LogP contribution in [0.1, 0.15) is 194 Å². The fraction of sp³-hybridized carbons (Fsp3) is 0.383. The Morgan fingerprint density at radius 2 is 0.723 bits per heavy atom. The molecule has 3 unspecified atom stereocenters. The smallest absolute Gasteiger partial charge is 0.338 e. The maximum absolute atomic E-state index is 11.8. The summed E-state index contributed by atoms with van der Waals surface area (Å²) in [7, 11) is 1.00. The summed E-state index contributed by atoms with van der Waals surface area (Å²) in [5.74, 6) is 0.557. The molecule has 0 aliphatic heterocycles. The van der Waals surface area contributed by atoms with E-state index < -0.39 is 23.0 Å². The molecule has 1 aliphatic carbocycles. The number of isocyanates is 16. The Hall–Kier alpha value is -17.6. The van der Waals surface area contributed by atoms with E-state index >= 15 is 0 Å². The van der Waals surface area contributed by atoms with E-state index in [4.69, 9.17) is 34.6 Å². The maximum Gasteiger partial charge on any atom is 0.338 e. The van der Waals surface area contributed by atoms with Crippen molar-refractivity contribution in [3.63, 3.8) is 0 Å². The second-order valence-electron chi connectivity index (χ2n) is 32.6. The summed E-state index contributed by atoms with van der Waals surface area (Å²) >= 11 is 0. The lowest BCUT2D eigenvalue weighted by Crippen LogP contribution is -2.39. The Kier molecular flexibility index (Phi) is 75.2. The standard InChI is InChI=1S/C16H22O6.C15H10N2O2.C14H8N2O3.C14H16N2O2.C12H18N2O2.C9H6N2O2.C8H4N2O2.2C8H12N2O2.C2H6O.CH4O/c17-8-1-3-10-21-15(19)13-6-5-7-14(12-13)16(20)22-11-4-2-9-18;18-10-16-14-5-1-12(2-6-14)9-13-3-7-15(8-4-13)17-11-19;17-9-15-11-1-5-13(6-2-11)19-14-7-3-12(4-8-14)16-10-18;1-13(2,15-9-17)11-5-7-12(8-6-11)14(3,4)16-10-18;1-11(2)4-10(14-9-16)5-12(3,6-11)7-13-8-15;1-7-8(10-5-12)3-2-4-9(7)11-6-13;11-5-9-7-1-2-8(4-3-7)10-6-12;1-8(5-10-7-12)3-2-4-9-6-11;11-7-9-5-3-1-2-4-6-10-8-12;1-2-3;1-2/h5-7,12,17-18H,1-4,8-11H2;1-8H,9H2;1-8H;5-8H,1-4H3;10H,4-7H2,1-3H3;2-4H,1H3;1-4H;8H,2-5H2,1H3;1-6H2;3H,2H2,1H3;2H,1H3. The molecule has 8 aromatic rings. The normalized spacial score (nSPS) is 11.9. The van der Waals surface area contributed by atoms with E-state index in [1.165, 1.54) is 79.0 Å². The Balaban J connectivity index is 0. The summed E-state index contributed by atoms with van der Waals surface area (Å²) in [6, 6.07) is 52.9. The average molecular weight is 2030 g/mol. The Labute approximate surface area is 855 Å². The molecular formula is C107H118N16O25. The number of carbonyl (C=O) groups excluding carboxylic acids is 18. The number of aliphatic hydroxyl groups is 4. The van der Waals surface area contributed by atoms with Crippen LogP contribution in [0.4, 0.5) is 45.5 Å². The minimum Gasteiger partial charge on any atom is -0.462 e. The summed E-state index contributed by atoms with van der Waals surface area (Å²) < 4.78 is 15.7. The molecule has 0 radical (unpaired) electrons. The van der Waals surface area contributed by atoms with Crippen molar-refractivity contribution in [3.8, 4) is 11.5 Å². The van der Waals surface area contributed by atoms with Crippen molar-refractivity contribution < 1.29 is 121 Å². The fourth-order valence-corrected chi connectivity index (χ4v) is 12.9. The SMILES string of the molecule is CC(C)(N=C=O)c1ccc(C(C)(C)N=C=O)cc1.CC(CCCN=C=O)CN=C=O.CC1(C)CC(N=C=O)CC(C)(CN=C=O)C1.CCO.CO.Cc1c(N=C=O)cccc1N=C=O.O=C(OCCCCO)c1cccc(C(=O)OCCCCO)c1.O=C=NCCCCCCN=C=O.O=C=Nc1ccc(Cc2ccc(N=C=O)cc2)cc1.O=C=Nc1ccc(N=C=O)cc1.O=C=Nc1ccc(Oc2ccc(N=C=O)cc2)cc1. The van der Waals surface area contributed by atoms with E-state index in [1.54, 1.807) is 172 Å². The number of hydrogen-bond donors (Lipinski definition) is 4. The van der Waals surface area contributed by atoms with Gasteiger partial charge in [-0.2, -0.15) is 49.9 Å². The van der Waals surface area contributed by atoms with Crippen LogP contribution in [0.25, 0.3) is 0 Å². The van der Waals surface area contributed by atoms with Crippen LogP contribution in [-0.4, -0.2) is 209 Å². The third-order valence-corrected chi connectivity index (χ3v) is 19.7. The van der Waals surface area contributed by atoms with Gasteiger partial charge in [0.15, 0.2) is 0 Å². The molecule has 41 heteroatoms. The molecule has 0 aromatic heterocycles. The summed E-state index contributed by atoms with van der Waals surface area (Å²) in [6.07, 6.45) is 35.2. The number of unbranched alkanes of at least 4 members (excludes halogenated alkanes) is 5. The molecule has 1 fully saturated rings. The third-order valence-electron chi connectivity index (χ3n) is 19.7. The van der Waals surface area contributed by atoms with Crippen LogP contribution in [0.5, 0.6) is 11.5 Å². The molecule has 1 aliphatic rings. The molecule has 8 aromatic carbocycles. The predicted octanol–water partition coefficient (Wildman–Crippen LogP) is 18.7. The number of ether oxygens (including phenoxy) is 3. The van der Waals surface area contributed by atoms with Gasteiger partial charge in [0, 0.05) is 32.5 Å². The zero-order valence-electron chi connectivity index (χ0n) is 84.0. The maximum atomic E-state index is 11.8. The van der Waals surface area contributed by atoms with Crippen LogP contribution in [0.2, 0.25) is 0 Å². The third kappa shape index (κ3) is 63.3. The number of benzene rings is 8. The number of aliphatic imine (C=N–C) groups is 16. The van der Waals surface area contributed by atoms with E-state index in [1.807, 2.05) is 83.1 Å². The first-order valence-electron chi connectivity index (χ1n) is 45.5. The fourth-order valence-electron chi connectivity index (χ4n) is 12.9. The molecule has 776 valence electrons. The van der Waals surface area contributed by atoms with Gasteiger partial charge >= 0.3 is 11.9 Å². The van der Waals surface area contributed by atoms with E-state index in [-0.39, 0.29) is 61.0 Å². The van der Waals surface area contributed by atoms with Gasteiger partial charge in [-0.3, -0.25) is 0 Å². The van der Waals surface area contributed by atoms with Crippen LogP contribution in [-0.2, 0) is 104 Å². The summed E-state index contributed by atoms with van der Waals surface area (Å²) in [4.78, 5) is 240. The largest absolute Gasteiger partial charge is 0.462 e. The number of rotatable bonds is 42. The van der Waals surface area contributed by atoms with Crippen molar-refractivity contribution in [3.05, 3.63) is 227 Å². The molecule has 0 saturated heterocycles. The average Bonchev–Trinajstić information content (AvgIpc) is 0.825. The summed E-state index contributed by atoms with van der Waals surface area (Å²) in [5.41, 5.74) is 8.21. The highest BCUT2D eigenvalue weighted by atomic mass is 16.5. The molecule has 9 rings (SSSR count). The topological polar surface area (TPSA) is 614 Å². The number of aliphatic hydroxyl groups excluding tert-OH is 4. The Bertz CT molecular complexity index is 5720. The lowest BCUT2D eigenvalue weighted by Gasteiger charge is -2.44. The minimum absolute atomic E-state index is 0.00750. The van der Waals surface area contributed by atoms with Gasteiger partial charge in [-0.05, 0) is 285 Å². The number of esters is 2. The molecule has 1 saturated carbocycles. The highest BCUT2D eigenvalue weighted by Gasteiger charge is 2.41. The monoisotopic (exact) mass is 2030 g/mol. The van der Waals surface area contributed by atoms with Gasteiger partial charge in [-0.25, -0.2) is 116 Å². The summed E-state index contributed by atoms with van der Waals surface area (Å²) in [5, 5.41) is 31.9. The second kappa shape index (κ2) is 84.0. The molecule has 148 heavy (non-hydrogen) atoms. The lowest BCUT2D eigenvalue weighted by atomic mass is 9.63. The summed E-state index contributed by atoms with van der Waals surface area (Å²) in [6.45, 7) is 22.6. The first kappa shape index (κ1) is 132. The van der Waals surface area contributed by atoms with Gasteiger partial charge in [-0.1, -0.05) is 101 Å². The van der Waals surface area contributed by atoms with Gasteiger partial charge in [0.2, 0.25) is 97.3 Å². The molecule has 3 atom stereocenters. The van der Waals surface area contributed by atoms with Crippen molar-refractivity contribution >= 4 is 155 Å². The van der Waals surface area contributed by atoms with Gasteiger partial charge in [0.25, 0.3) is 0 Å². The molecule has 41 nitrogen and oxygen atoms in total. The number of carbonyl (C=O) groups is 2. The highest BCUT2D eigenvalue weighted by Crippen LogP contribution is 2.47. The molecule has 0 heterocycles. The molecule has 4 N–H and O–H groups in total. The Morgan fingerprint density at radius 1 is 0.392 bits per heavy atom. The first-order chi connectivity index (χ1) is 71.3. The quantitative estimate of drug-likeness (QED) is 0.0119. The lowest BCUT2D eigenvalue weighted by molar-refractivity contribution is 0.0489. The molecular weight excluding hydrogens is 1910 g/mol. The van der Waals surface area contributed by atoms with Gasteiger partial charge in [0.05, 0.1) is 120 Å². The van der Waals surface area contributed by atoms with Gasteiger partial charge < -0.3 is 34.6 Å². The van der Waals surface area contributed by atoms with Crippen molar-refractivity contribution in [2.24, 2.45) is 96.6 Å². The minimum atomic E-state index is -0.599. The van der Waals surface area contributed by atoms with E-state index in [9.17, 15) is 86.3 Å². The van der Waals surface area contributed by atoms with Crippen LogP contribution in [0, 0.1) is 23.7 Å². The number of nitrogens with zero attached hydrogens (tertiary/aromatic N) is 16. The zero-order chi connectivity index (χ0) is 111. The van der Waals surface area contributed by atoms with Crippen molar-refractivity contribution in [1.29, 1.82) is 0 Å². The molecule has 0 bridgehead atoms. The van der Waals surface area contributed by atoms with Crippen LogP contribution in [0.15, 0.2) is 268 Å². The van der Waals surface area contributed by atoms with E-state index in [0.717, 1.165) is 93.6 Å². The predicted molar refractivity (Wildman–Crippen MR) is 547 cm³/mol. The van der Waals surface area contributed by atoms with Crippen LogP contribution < -0.4 is 4.74 Å². The van der Waals surface area contributed by atoms with Crippen LogP contribution >= 0.6 is 0 Å². The van der Waals surface area contributed by atoms with Gasteiger partial charge in [0.1, 0.15) is 11.5 Å². The van der Waals surface area contributed by atoms with Crippen molar-refractivity contribution in [2.45, 2.75) is 176 Å². The highest BCUT2D eigenvalue weighted by molar-refractivity contribution is 5.95. The molecule has 0 spiro atoms. The number of hydrogen-bond acceptors (Lipinski definition) is 41.